The van der Waals surface area contributed by atoms with E-state index in [4.69, 9.17) is 23.2 Å². The minimum absolute atomic E-state index is 0. The van der Waals surface area contributed by atoms with Gasteiger partial charge >= 0.3 is 0 Å². The predicted molar refractivity (Wildman–Crippen MR) is 86.2 cm³/mol. The molecule has 0 spiro atoms. The molecule has 2 rings (SSSR count). The number of amides is 1. The van der Waals surface area contributed by atoms with Gasteiger partial charge in [0.15, 0.2) is 0 Å². The van der Waals surface area contributed by atoms with Gasteiger partial charge in [-0.25, -0.2) is 0 Å². The number of halogens is 3. The number of carbonyl (C=O) groups is 1. The molecule has 1 saturated heterocycles. The number of nitrogens with one attached hydrogen (secondary N) is 2. The van der Waals surface area contributed by atoms with Crippen LogP contribution in [0.2, 0.25) is 10.0 Å². The van der Waals surface area contributed by atoms with E-state index < -0.39 is 0 Å². The van der Waals surface area contributed by atoms with Crippen molar-refractivity contribution in [1.29, 1.82) is 0 Å². The molecule has 1 aliphatic heterocycles. The number of piperidine rings is 1. The Balaban J connectivity index is 0.00000200. The number of carbonyl (C=O) groups excluding carboxylic acids is 1. The van der Waals surface area contributed by atoms with E-state index in [9.17, 15) is 4.79 Å². The van der Waals surface area contributed by atoms with Crippen molar-refractivity contribution in [3.8, 4) is 0 Å². The lowest BCUT2D eigenvalue weighted by Gasteiger charge is -2.29. The lowest BCUT2D eigenvalue weighted by Crippen LogP contribution is -2.44. The molecular formula is C14H19Cl3N2O. The van der Waals surface area contributed by atoms with Gasteiger partial charge in [-0.1, -0.05) is 23.2 Å². The molecule has 1 aromatic rings. The molecule has 20 heavy (non-hydrogen) atoms. The summed E-state index contributed by atoms with van der Waals surface area (Å²) in [6.45, 7) is 4.07. The zero-order valence-corrected chi connectivity index (χ0v) is 13.6. The van der Waals surface area contributed by atoms with Gasteiger partial charge in [0, 0.05) is 21.7 Å². The van der Waals surface area contributed by atoms with Gasteiger partial charge in [0.1, 0.15) is 0 Å². The highest BCUT2D eigenvalue weighted by atomic mass is 35.5. The first-order valence-electron chi connectivity index (χ1n) is 6.54. The van der Waals surface area contributed by atoms with E-state index in [-0.39, 0.29) is 24.4 Å². The van der Waals surface area contributed by atoms with Gasteiger partial charge in [-0.2, -0.15) is 0 Å². The largest absolute Gasteiger partial charge is 0.349 e. The molecule has 1 fully saturated rings. The third-order valence-corrected chi connectivity index (χ3v) is 3.96. The van der Waals surface area contributed by atoms with Gasteiger partial charge in [-0.05, 0) is 57.0 Å². The molecule has 0 aliphatic carbocycles. The Kier molecular flexibility index (Phi) is 7.10. The van der Waals surface area contributed by atoms with Crippen molar-refractivity contribution < 1.29 is 4.79 Å². The molecule has 0 saturated carbocycles. The molecule has 6 heteroatoms. The van der Waals surface area contributed by atoms with Crippen LogP contribution < -0.4 is 10.6 Å². The van der Waals surface area contributed by atoms with Crippen LogP contribution >= 0.6 is 35.6 Å². The Bertz CT molecular complexity index is 441. The van der Waals surface area contributed by atoms with Crippen molar-refractivity contribution >= 4 is 41.5 Å². The molecule has 1 aromatic carbocycles. The highest BCUT2D eigenvalue weighted by Crippen LogP contribution is 2.20. The van der Waals surface area contributed by atoms with Crippen LogP contribution in [-0.4, -0.2) is 25.0 Å². The van der Waals surface area contributed by atoms with Gasteiger partial charge in [-0.15, -0.1) is 12.4 Å². The Labute approximate surface area is 135 Å². The summed E-state index contributed by atoms with van der Waals surface area (Å²) in [5.41, 5.74) is 0.508. The van der Waals surface area contributed by atoms with Crippen molar-refractivity contribution in [2.24, 2.45) is 5.92 Å². The van der Waals surface area contributed by atoms with Gasteiger partial charge in [0.05, 0.1) is 0 Å². The predicted octanol–water partition coefficient (Wildman–Crippen LogP) is 3.53. The SMILES string of the molecule is CC(NC(=O)c1cc(Cl)cc(Cl)c1)C1CCCNC1.Cl. The Morgan fingerprint density at radius 3 is 2.55 bits per heavy atom. The molecule has 0 radical (unpaired) electrons. The summed E-state index contributed by atoms with van der Waals surface area (Å²) in [6, 6.07) is 5.02. The van der Waals surface area contributed by atoms with E-state index in [1.807, 2.05) is 6.92 Å². The van der Waals surface area contributed by atoms with E-state index >= 15 is 0 Å². The van der Waals surface area contributed by atoms with Crippen molar-refractivity contribution in [2.45, 2.75) is 25.8 Å². The third-order valence-electron chi connectivity index (χ3n) is 3.53. The summed E-state index contributed by atoms with van der Waals surface area (Å²) < 4.78 is 0. The lowest BCUT2D eigenvalue weighted by atomic mass is 9.92. The maximum atomic E-state index is 12.2. The average Bonchev–Trinajstić information content (AvgIpc) is 2.38. The quantitative estimate of drug-likeness (QED) is 0.886. The molecule has 112 valence electrons. The molecule has 0 aromatic heterocycles. The Morgan fingerprint density at radius 2 is 2.00 bits per heavy atom. The molecule has 2 N–H and O–H groups in total. The molecule has 1 aliphatic rings. The van der Waals surface area contributed by atoms with Gasteiger partial charge in [0.2, 0.25) is 0 Å². The van der Waals surface area contributed by atoms with Crippen LogP contribution in [0.4, 0.5) is 0 Å². The van der Waals surface area contributed by atoms with Crippen molar-refractivity contribution in [1.82, 2.24) is 10.6 Å². The second-order valence-electron chi connectivity index (χ2n) is 5.03. The van der Waals surface area contributed by atoms with E-state index in [0.717, 1.165) is 25.9 Å². The van der Waals surface area contributed by atoms with Crippen LogP contribution in [0, 0.1) is 5.92 Å². The maximum Gasteiger partial charge on any atom is 0.251 e. The van der Waals surface area contributed by atoms with E-state index in [0.29, 0.717) is 21.5 Å². The molecule has 2 atom stereocenters. The molecule has 1 heterocycles. The van der Waals surface area contributed by atoms with Crippen LogP contribution in [0.15, 0.2) is 18.2 Å². The highest BCUT2D eigenvalue weighted by Gasteiger charge is 2.21. The van der Waals surface area contributed by atoms with Crippen LogP contribution in [0.5, 0.6) is 0 Å². The number of hydrogen-bond acceptors (Lipinski definition) is 2. The molecule has 3 nitrogen and oxygen atoms in total. The summed E-state index contributed by atoms with van der Waals surface area (Å²) in [4.78, 5) is 12.2. The van der Waals surface area contributed by atoms with E-state index in [1.54, 1.807) is 18.2 Å². The van der Waals surface area contributed by atoms with Crippen LogP contribution in [0.25, 0.3) is 0 Å². The van der Waals surface area contributed by atoms with Gasteiger partial charge < -0.3 is 10.6 Å². The van der Waals surface area contributed by atoms with Crippen molar-refractivity contribution in [3.63, 3.8) is 0 Å². The van der Waals surface area contributed by atoms with E-state index in [2.05, 4.69) is 10.6 Å². The van der Waals surface area contributed by atoms with E-state index in [1.165, 1.54) is 0 Å². The number of rotatable bonds is 3. The summed E-state index contributed by atoms with van der Waals surface area (Å²) >= 11 is 11.8. The van der Waals surface area contributed by atoms with Gasteiger partial charge in [-0.3, -0.25) is 4.79 Å². The summed E-state index contributed by atoms with van der Waals surface area (Å²) in [7, 11) is 0. The smallest absolute Gasteiger partial charge is 0.251 e. The standard InChI is InChI=1S/C14H18Cl2N2O.ClH/c1-9(10-3-2-4-17-8-10)18-14(19)11-5-12(15)7-13(16)6-11;/h5-7,9-10,17H,2-4,8H2,1H3,(H,18,19);1H. The van der Waals surface area contributed by atoms with Crippen molar-refractivity contribution in [3.05, 3.63) is 33.8 Å². The van der Waals surface area contributed by atoms with Gasteiger partial charge in [0.25, 0.3) is 5.91 Å². The maximum absolute atomic E-state index is 12.2. The molecule has 2 unspecified atom stereocenters. The second-order valence-corrected chi connectivity index (χ2v) is 5.90. The fourth-order valence-corrected chi connectivity index (χ4v) is 2.92. The topological polar surface area (TPSA) is 41.1 Å². The fourth-order valence-electron chi connectivity index (χ4n) is 2.40. The average molecular weight is 338 g/mol. The summed E-state index contributed by atoms with van der Waals surface area (Å²) in [6.07, 6.45) is 2.30. The zero-order chi connectivity index (χ0) is 13.8. The first-order valence-corrected chi connectivity index (χ1v) is 7.29. The monoisotopic (exact) mass is 336 g/mol. The first kappa shape index (κ1) is 17.6. The summed E-state index contributed by atoms with van der Waals surface area (Å²) in [5.74, 6) is 0.356. The number of hydrogen-bond donors (Lipinski definition) is 2. The third kappa shape index (κ3) is 4.81. The Morgan fingerprint density at radius 1 is 1.35 bits per heavy atom. The minimum atomic E-state index is -0.123. The number of benzene rings is 1. The van der Waals surface area contributed by atoms with Crippen LogP contribution in [0.3, 0.4) is 0 Å². The van der Waals surface area contributed by atoms with Crippen LogP contribution in [-0.2, 0) is 0 Å². The second kappa shape index (κ2) is 8.08. The summed E-state index contributed by atoms with van der Waals surface area (Å²) in [5, 5.41) is 7.33. The highest BCUT2D eigenvalue weighted by molar-refractivity contribution is 6.35. The first-order chi connectivity index (χ1) is 9.06. The Hall–Kier alpha value is -0.480. The molecule has 0 bridgehead atoms. The van der Waals surface area contributed by atoms with Crippen molar-refractivity contribution in [2.75, 3.05) is 13.1 Å². The minimum Gasteiger partial charge on any atom is -0.349 e. The molecular weight excluding hydrogens is 319 g/mol. The molecule has 1 amide bonds. The normalized spacial score (nSPS) is 19.9. The fraction of sp³-hybridized carbons (Fsp3) is 0.500. The van der Waals surface area contributed by atoms with Crippen LogP contribution in [0.1, 0.15) is 30.1 Å². The lowest BCUT2D eigenvalue weighted by molar-refractivity contribution is 0.0922. The zero-order valence-electron chi connectivity index (χ0n) is 11.3.